The van der Waals surface area contributed by atoms with Crippen LogP contribution in [-0.4, -0.2) is 7.11 Å². The Labute approximate surface area is 100.0 Å². The molecule has 1 aliphatic carbocycles. The highest BCUT2D eigenvalue weighted by molar-refractivity contribution is 9.09. The van der Waals surface area contributed by atoms with Crippen molar-refractivity contribution < 1.29 is 4.74 Å². The van der Waals surface area contributed by atoms with Crippen molar-refractivity contribution in [2.75, 3.05) is 7.11 Å². The maximum absolute atomic E-state index is 5.39. The van der Waals surface area contributed by atoms with Crippen molar-refractivity contribution in [1.29, 1.82) is 0 Å². The number of aryl methyl sites for hydroxylation is 1. The van der Waals surface area contributed by atoms with Gasteiger partial charge in [-0.25, -0.2) is 0 Å². The minimum Gasteiger partial charge on any atom is -0.496 e. The summed E-state index contributed by atoms with van der Waals surface area (Å²) in [5, 5.41) is 0. The topological polar surface area (TPSA) is 9.23 Å². The van der Waals surface area contributed by atoms with Gasteiger partial charge in [-0.05, 0) is 25.3 Å². The SMILES string of the molecule is COc1ccc(C)cc1C(Br)CC1CC1. The third-order valence-electron chi connectivity index (χ3n) is 2.96. The number of alkyl halides is 1. The zero-order valence-electron chi connectivity index (χ0n) is 9.29. The van der Waals surface area contributed by atoms with E-state index in [4.69, 9.17) is 4.74 Å². The van der Waals surface area contributed by atoms with Crippen LogP contribution in [0, 0.1) is 12.8 Å². The molecule has 0 N–H and O–H groups in total. The Morgan fingerprint density at radius 2 is 2.20 bits per heavy atom. The van der Waals surface area contributed by atoms with Crippen LogP contribution in [0.3, 0.4) is 0 Å². The van der Waals surface area contributed by atoms with Gasteiger partial charge in [-0.2, -0.15) is 0 Å². The zero-order chi connectivity index (χ0) is 10.8. The summed E-state index contributed by atoms with van der Waals surface area (Å²) in [5.74, 6) is 1.93. The highest BCUT2D eigenvalue weighted by Gasteiger charge is 2.26. The standard InChI is InChI=1S/C13H17BrO/c1-9-3-6-13(15-2)11(7-9)12(14)8-10-4-5-10/h3,6-7,10,12H,4-5,8H2,1-2H3. The van der Waals surface area contributed by atoms with Gasteiger partial charge in [0, 0.05) is 10.4 Å². The second kappa shape index (κ2) is 4.56. The summed E-state index contributed by atoms with van der Waals surface area (Å²) in [6.45, 7) is 2.12. The molecule has 2 rings (SSSR count). The molecule has 0 saturated heterocycles. The molecular weight excluding hydrogens is 252 g/mol. The van der Waals surface area contributed by atoms with E-state index >= 15 is 0 Å². The fourth-order valence-electron chi connectivity index (χ4n) is 1.87. The molecule has 1 aromatic rings. The predicted octanol–water partition coefficient (Wildman–Crippen LogP) is 4.24. The third-order valence-corrected chi connectivity index (χ3v) is 3.83. The maximum atomic E-state index is 5.39. The minimum atomic E-state index is 0.444. The van der Waals surface area contributed by atoms with Gasteiger partial charge in [0.25, 0.3) is 0 Å². The smallest absolute Gasteiger partial charge is 0.123 e. The van der Waals surface area contributed by atoms with Gasteiger partial charge >= 0.3 is 0 Å². The van der Waals surface area contributed by atoms with Crippen LogP contribution in [0.25, 0.3) is 0 Å². The van der Waals surface area contributed by atoms with Crippen molar-refractivity contribution in [3.8, 4) is 5.75 Å². The quantitative estimate of drug-likeness (QED) is 0.743. The van der Waals surface area contributed by atoms with Crippen LogP contribution < -0.4 is 4.74 Å². The molecule has 0 spiro atoms. The van der Waals surface area contributed by atoms with Gasteiger partial charge < -0.3 is 4.74 Å². The van der Waals surface area contributed by atoms with Crippen molar-refractivity contribution in [1.82, 2.24) is 0 Å². The van der Waals surface area contributed by atoms with Crippen LogP contribution >= 0.6 is 15.9 Å². The molecule has 0 aromatic heterocycles. The molecule has 0 bridgehead atoms. The average molecular weight is 269 g/mol. The fourth-order valence-corrected chi connectivity index (χ4v) is 2.76. The molecule has 0 heterocycles. The summed E-state index contributed by atoms with van der Waals surface area (Å²) >= 11 is 3.77. The van der Waals surface area contributed by atoms with Gasteiger partial charge in [-0.15, -0.1) is 0 Å². The molecule has 0 aliphatic heterocycles. The number of halogens is 1. The Bertz CT molecular complexity index is 344. The summed E-state index contributed by atoms with van der Waals surface area (Å²) < 4.78 is 5.39. The number of hydrogen-bond donors (Lipinski definition) is 0. The number of benzene rings is 1. The molecule has 0 radical (unpaired) electrons. The minimum absolute atomic E-state index is 0.444. The molecule has 1 nitrogen and oxygen atoms in total. The summed E-state index contributed by atoms with van der Waals surface area (Å²) in [6, 6.07) is 6.38. The molecule has 1 aliphatic rings. The van der Waals surface area contributed by atoms with Crippen molar-refractivity contribution in [2.24, 2.45) is 5.92 Å². The fraction of sp³-hybridized carbons (Fsp3) is 0.538. The van der Waals surface area contributed by atoms with Crippen molar-refractivity contribution >= 4 is 15.9 Å². The maximum Gasteiger partial charge on any atom is 0.123 e. The van der Waals surface area contributed by atoms with Crippen LogP contribution in [-0.2, 0) is 0 Å². The van der Waals surface area contributed by atoms with Crippen LogP contribution in [0.2, 0.25) is 0 Å². The van der Waals surface area contributed by atoms with Crippen LogP contribution in [0.15, 0.2) is 18.2 Å². The van der Waals surface area contributed by atoms with Crippen molar-refractivity contribution in [3.63, 3.8) is 0 Å². The average Bonchev–Trinajstić information content (AvgIpc) is 3.01. The van der Waals surface area contributed by atoms with Gasteiger partial charge in [-0.1, -0.05) is 46.5 Å². The Morgan fingerprint density at radius 3 is 2.80 bits per heavy atom. The summed E-state index contributed by atoms with van der Waals surface area (Å²) in [5.41, 5.74) is 2.59. The van der Waals surface area contributed by atoms with Crippen LogP contribution in [0.1, 0.15) is 35.2 Å². The first-order valence-electron chi connectivity index (χ1n) is 5.49. The number of rotatable bonds is 4. The molecule has 82 valence electrons. The van der Waals surface area contributed by atoms with E-state index in [9.17, 15) is 0 Å². The highest BCUT2D eigenvalue weighted by Crippen LogP contribution is 2.43. The summed E-state index contributed by atoms with van der Waals surface area (Å²) in [4.78, 5) is 0.444. The van der Waals surface area contributed by atoms with Gasteiger partial charge in [0.2, 0.25) is 0 Å². The first-order valence-corrected chi connectivity index (χ1v) is 6.41. The molecule has 0 amide bonds. The Morgan fingerprint density at radius 1 is 1.47 bits per heavy atom. The van der Waals surface area contributed by atoms with E-state index in [1.165, 1.54) is 30.4 Å². The summed E-state index contributed by atoms with van der Waals surface area (Å²) in [6.07, 6.45) is 4.03. The molecule has 2 heteroatoms. The molecule has 1 aromatic carbocycles. The van der Waals surface area contributed by atoms with E-state index < -0.39 is 0 Å². The number of hydrogen-bond acceptors (Lipinski definition) is 1. The lowest BCUT2D eigenvalue weighted by Gasteiger charge is -2.14. The third kappa shape index (κ3) is 2.75. The predicted molar refractivity (Wildman–Crippen MR) is 66.7 cm³/mol. The van der Waals surface area contributed by atoms with E-state index in [0.29, 0.717) is 4.83 Å². The van der Waals surface area contributed by atoms with Crippen molar-refractivity contribution in [3.05, 3.63) is 29.3 Å². The molecule has 1 unspecified atom stereocenters. The highest BCUT2D eigenvalue weighted by atomic mass is 79.9. The monoisotopic (exact) mass is 268 g/mol. The lowest BCUT2D eigenvalue weighted by molar-refractivity contribution is 0.408. The largest absolute Gasteiger partial charge is 0.496 e. The first kappa shape index (κ1) is 11.0. The van der Waals surface area contributed by atoms with Gasteiger partial charge in [-0.3, -0.25) is 0 Å². The second-order valence-corrected chi connectivity index (χ2v) is 5.50. The number of methoxy groups -OCH3 is 1. The Balaban J connectivity index is 2.18. The second-order valence-electron chi connectivity index (χ2n) is 4.39. The molecular formula is C13H17BrO. The van der Waals surface area contributed by atoms with E-state index in [1.807, 2.05) is 0 Å². The summed E-state index contributed by atoms with van der Waals surface area (Å²) in [7, 11) is 1.74. The molecule has 1 saturated carbocycles. The van der Waals surface area contributed by atoms with Gasteiger partial charge in [0.05, 0.1) is 7.11 Å². The van der Waals surface area contributed by atoms with E-state index in [2.05, 4.69) is 41.1 Å². The van der Waals surface area contributed by atoms with Crippen LogP contribution in [0.5, 0.6) is 5.75 Å². The molecule has 15 heavy (non-hydrogen) atoms. The molecule has 1 atom stereocenters. The zero-order valence-corrected chi connectivity index (χ0v) is 10.9. The number of ether oxygens (including phenoxy) is 1. The Hall–Kier alpha value is -0.500. The lowest BCUT2D eigenvalue weighted by Crippen LogP contribution is -1.97. The van der Waals surface area contributed by atoms with E-state index in [1.54, 1.807) is 7.11 Å². The van der Waals surface area contributed by atoms with Gasteiger partial charge in [0.1, 0.15) is 5.75 Å². The normalized spacial score (nSPS) is 17.5. The van der Waals surface area contributed by atoms with Crippen molar-refractivity contribution in [2.45, 2.75) is 31.0 Å². The van der Waals surface area contributed by atoms with E-state index in [0.717, 1.165) is 11.7 Å². The van der Waals surface area contributed by atoms with Gasteiger partial charge in [0.15, 0.2) is 0 Å². The van der Waals surface area contributed by atoms with E-state index in [-0.39, 0.29) is 0 Å². The molecule has 1 fully saturated rings. The lowest BCUT2D eigenvalue weighted by atomic mass is 10.0. The van der Waals surface area contributed by atoms with Crippen LogP contribution in [0.4, 0.5) is 0 Å². The Kier molecular flexibility index (Phi) is 3.35. The first-order chi connectivity index (χ1) is 7.20.